The van der Waals surface area contributed by atoms with E-state index in [0.717, 1.165) is 11.3 Å². The highest BCUT2D eigenvalue weighted by Gasteiger charge is 2.19. The number of amides is 1. The number of carbonyl (C=O) groups excluding carboxylic acids is 2. The van der Waals surface area contributed by atoms with E-state index >= 15 is 0 Å². The van der Waals surface area contributed by atoms with Crippen molar-refractivity contribution in [2.45, 2.75) is 26.3 Å². The number of nitrogens with one attached hydrogen (secondary N) is 1. The number of ether oxygens (including phenoxy) is 1. The van der Waals surface area contributed by atoms with E-state index in [1.165, 1.54) is 0 Å². The molecular weight excluding hydrogens is 226 g/mol. The number of hydrogen-bond acceptors (Lipinski definition) is 4. The minimum atomic E-state index is -0.822. The van der Waals surface area contributed by atoms with Gasteiger partial charge in [-0.25, -0.2) is 4.79 Å². The van der Waals surface area contributed by atoms with Crippen molar-refractivity contribution in [1.29, 1.82) is 0 Å². The van der Waals surface area contributed by atoms with Crippen LogP contribution in [0.25, 0.3) is 0 Å². The third kappa shape index (κ3) is 3.34. The average Bonchev–Trinajstić information content (AvgIpc) is 2.79. The first-order chi connectivity index (χ1) is 7.69. The molecule has 0 aliphatic heterocycles. The molecule has 0 spiro atoms. The van der Waals surface area contributed by atoms with E-state index < -0.39 is 11.9 Å². The number of thiophene rings is 1. The second-order valence-corrected chi connectivity index (χ2v) is 4.15. The molecule has 0 fully saturated rings. The second kappa shape index (κ2) is 6.27. The monoisotopic (exact) mass is 241 g/mol. The van der Waals surface area contributed by atoms with Crippen molar-refractivity contribution in [2.75, 3.05) is 6.61 Å². The summed E-state index contributed by atoms with van der Waals surface area (Å²) in [6.07, 6.45) is 0.742. The number of carbonyl (C=O) groups is 2. The van der Waals surface area contributed by atoms with Gasteiger partial charge in [0.05, 0.1) is 12.6 Å². The molecule has 1 aromatic rings. The molecular formula is C11H15NO3S. The zero-order valence-corrected chi connectivity index (χ0v) is 10.2. The molecule has 1 atom stereocenters. The maximum atomic E-state index is 11.4. The summed E-state index contributed by atoms with van der Waals surface area (Å²) in [5.41, 5.74) is 0. The Kier molecular flexibility index (Phi) is 4.98. The maximum Gasteiger partial charge on any atom is 0.396 e. The van der Waals surface area contributed by atoms with E-state index in [1.54, 1.807) is 18.3 Å². The van der Waals surface area contributed by atoms with Gasteiger partial charge in [0.2, 0.25) is 0 Å². The van der Waals surface area contributed by atoms with E-state index in [1.807, 2.05) is 24.4 Å². The van der Waals surface area contributed by atoms with Gasteiger partial charge in [-0.05, 0) is 24.8 Å². The first kappa shape index (κ1) is 12.7. The average molecular weight is 241 g/mol. The van der Waals surface area contributed by atoms with Crippen molar-refractivity contribution in [1.82, 2.24) is 5.32 Å². The summed E-state index contributed by atoms with van der Waals surface area (Å²) in [5.74, 6) is -1.50. The molecule has 0 aliphatic carbocycles. The molecule has 16 heavy (non-hydrogen) atoms. The molecule has 0 saturated carbocycles. The number of rotatable bonds is 4. The molecule has 1 heterocycles. The maximum absolute atomic E-state index is 11.4. The Morgan fingerprint density at radius 1 is 1.50 bits per heavy atom. The lowest BCUT2D eigenvalue weighted by molar-refractivity contribution is -0.154. The van der Waals surface area contributed by atoms with Crippen LogP contribution in [0.5, 0.6) is 0 Å². The van der Waals surface area contributed by atoms with Crippen molar-refractivity contribution < 1.29 is 14.3 Å². The molecule has 1 rings (SSSR count). The first-order valence-electron chi connectivity index (χ1n) is 5.20. The highest BCUT2D eigenvalue weighted by molar-refractivity contribution is 7.10. The largest absolute Gasteiger partial charge is 0.459 e. The summed E-state index contributed by atoms with van der Waals surface area (Å²) in [7, 11) is 0. The fourth-order valence-electron chi connectivity index (χ4n) is 1.28. The molecule has 0 aromatic carbocycles. The second-order valence-electron chi connectivity index (χ2n) is 3.17. The van der Waals surface area contributed by atoms with Crippen LogP contribution in [-0.2, 0) is 14.3 Å². The lowest BCUT2D eigenvalue weighted by Gasteiger charge is -2.14. The Labute approximate surface area is 98.6 Å². The first-order valence-corrected chi connectivity index (χ1v) is 6.08. The van der Waals surface area contributed by atoms with Gasteiger partial charge in [-0.2, -0.15) is 0 Å². The molecule has 1 amide bonds. The van der Waals surface area contributed by atoms with Crippen molar-refractivity contribution in [2.24, 2.45) is 0 Å². The predicted octanol–water partition coefficient (Wildman–Crippen LogP) is 1.88. The number of esters is 1. The minimum Gasteiger partial charge on any atom is -0.459 e. The van der Waals surface area contributed by atoms with Gasteiger partial charge in [0, 0.05) is 4.88 Å². The van der Waals surface area contributed by atoms with Gasteiger partial charge in [-0.15, -0.1) is 11.3 Å². The topological polar surface area (TPSA) is 55.4 Å². The fourth-order valence-corrected chi connectivity index (χ4v) is 2.14. The van der Waals surface area contributed by atoms with Gasteiger partial charge in [0.25, 0.3) is 0 Å². The fraction of sp³-hybridized carbons (Fsp3) is 0.455. The van der Waals surface area contributed by atoms with Crippen LogP contribution in [0.2, 0.25) is 0 Å². The lowest BCUT2D eigenvalue weighted by atomic mass is 10.2. The van der Waals surface area contributed by atoms with E-state index in [0.29, 0.717) is 0 Å². The Balaban J connectivity index is 2.57. The summed E-state index contributed by atoms with van der Waals surface area (Å²) < 4.78 is 4.62. The molecule has 88 valence electrons. The van der Waals surface area contributed by atoms with Crippen LogP contribution < -0.4 is 5.32 Å². The van der Waals surface area contributed by atoms with Gasteiger partial charge >= 0.3 is 11.9 Å². The summed E-state index contributed by atoms with van der Waals surface area (Å²) in [4.78, 5) is 23.6. The van der Waals surface area contributed by atoms with Crippen molar-refractivity contribution in [3.05, 3.63) is 22.4 Å². The van der Waals surface area contributed by atoms with Crippen LogP contribution >= 0.6 is 11.3 Å². The van der Waals surface area contributed by atoms with E-state index in [-0.39, 0.29) is 12.6 Å². The molecule has 1 unspecified atom stereocenters. The van der Waals surface area contributed by atoms with Crippen LogP contribution in [0.1, 0.15) is 31.2 Å². The molecule has 4 nitrogen and oxygen atoms in total. The summed E-state index contributed by atoms with van der Waals surface area (Å²) in [5, 5.41) is 4.59. The normalized spacial score (nSPS) is 11.9. The van der Waals surface area contributed by atoms with Crippen LogP contribution in [-0.4, -0.2) is 18.5 Å². The lowest BCUT2D eigenvalue weighted by Crippen LogP contribution is -2.35. The Hall–Kier alpha value is -1.36. The van der Waals surface area contributed by atoms with E-state index in [4.69, 9.17) is 0 Å². The highest BCUT2D eigenvalue weighted by atomic mass is 32.1. The molecule has 0 radical (unpaired) electrons. The summed E-state index contributed by atoms with van der Waals surface area (Å²) in [6, 6.07) is 3.74. The quantitative estimate of drug-likeness (QED) is 0.647. The zero-order valence-electron chi connectivity index (χ0n) is 9.36. The van der Waals surface area contributed by atoms with Crippen molar-refractivity contribution in [3.63, 3.8) is 0 Å². The van der Waals surface area contributed by atoms with Gasteiger partial charge in [-0.3, -0.25) is 4.79 Å². The van der Waals surface area contributed by atoms with Crippen LogP contribution in [0.4, 0.5) is 0 Å². The summed E-state index contributed by atoms with van der Waals surface area (Å²) in [6.45, 7) is 3.83. The standard InChI is InChI=1S/C11H15NO3S/c1-3-8(9-6-5-7-16-9)12-10(13)11(14)15-4-2/h5-8H,3-4H2,1-2H3,(H,12,13). The smallest absolute Gasteiger partial charge is 0.396 e. The SMILES string of the molecule is CCOC(=O)C(=O)NC(CC)c1cccs1. The number of hydrogen-bond donors (Lipinski definition) is 1. The molecule has 1 N–H and O–H groups in total. The third-order valence-corrected chi connectivity index (χ3v) is 3.05. The minimum absolute atomic E-state index is 0.114. The Morgan fingerprint density at radius 2 is 2.25 bits per heavy atom. The van der Waals surface area contributed by atoms with Gasteiger partial charge in [0.1, 0.15) is 0 Å². The Bertz CT molecular complexity index is 348. The van der Waals surface area contributed by atoms with E-state index in [2.05, 4.69) is 10.1 Å². The molecule has 0 saturated heterocycles. The molecule has 0 aliphatic rings. The highest BCUT2D eigenvalue weighted by Crippen LogP contribution is 2.21. The zero-order chi connectivity index (χ0) is 12.0. The van der Waals surface area contributed by atoms with Crippen LogP contribution in [0.15, 0.2) is 17.5 Å². The Morgan fingerprint density at radius 3 is 2.75 bits per heavy atom. The van der Waals surface area contributed by atoms with Crippen LogP contribution in [0.3, 0.4) is 0 Å². The van der Waals surface area contributed by atoms with Gasteiger partial charge in [-0.1, -0.05) is 13.0 Å². The molecule has 1 aromatic heterocycles. The molecule has 0 bridgehead atoms. The van der Waals surface area contributed by atoms with Gasteiger partial charge in [0.15, 0.2) is 0 Å². The third-order valence-electron chi connectivity index (χ3n) is 2.06. The van der Waals surface area contributed by atoms with Gasteiger partial charge < -0.3 is 10.1 Å². The predicted molar refractivity (Wildman–Crippen MR) is 62.1 cm³/mol. The summed E-state index contributed by atoms with van der Waals surface area (Å²) >= 11 is 1.56. The van der Waals surface area contributed by atoms with Crippen molar-refractivity contribution in [3.8, 4) is 0 Å². The van der Waals surface area contributed by atoms with Crippen molar-refractivity contribution >= 4 is 23.2 Å². The van der Waals surface area contributed by atoms with Crippen LogP contribution in [0, 0.1) is 0 Å². The van der Waals surface area contributed by atoms with E-state index in [9.17, 15) is 9.59 Å². The molecule has 5 heteroatoms.